The van der Waals surface area contributed by atoms with Gasteiger partial charge in [0.25, 0.3) is 0 Å². The Kier molecular flexibility index (Phi) is 2.94. The molecule has 0 spiro atoms. The van der Waals surface area contributed by atoms with Crippen molar-refractivity contribution in [2.45, 2.75) is 13.2 Å². The van der Waals surface area contributed by atoms with Gasteiger partial charge in [-0.2, -0.15) is 10.4 Å². The van der Waals surface area contributed by atoms with Crippen molar-refractivity contribution in [2.24, 2.45) is 0 Å². The Hall–Kier alpha value is -2.19. The molecule has 0 saturated carbocycles. The molecule has 2 aromatic heterocycles. The van der Waals surface area contributed by atoms with Gasteiger partial charge in [0.2, 0.25) is 0 Å². The molecule has 0 aromatic carbocycles. The van der Waals surface area contributed by atoms with Crippen LogP contribution >= 0.6 is 0 Å². The number of hydrogen-bond acceptors (Lipinski definition) is 4. The average molecular weight is 214 g/mol. The monoisotopic (exact) mass is 214 g/mol. The van der Waals surface area contributed by atoms with Crippen LogP contribution in [0.3, 0.4) is 0 Å². The fourth-order valence-corrected chi connectivity index (χ4v) is 1.48. The molecule has 0 amide bonds. The van der Waals surface area contributed by atoms with Gasteiger partial charge in [0.1, 0.15) is 6.54 Å². The molecule has 16 heavy (non-hydrogen) atoms. The molecule has 0 unspecified atom stereocenters. The predicted molar refractivity (Wildman–Crippen MR) is 57.0 cm³/mol. The number of nitrogens with zero attached hydrogens (tertiary/aromatic N) is 4. The van der Waals surface area contributed by atoms with E-state index in [9.17, 15) is 5.11 Å². The SMILES string of the molecule is N#CCn1cc(CO)c(-c2cccnc2)n1. The van der Waals surface area contributed by atoms with Crippen LogP contribution in [0.15, 0.2) is 30.7 Å². The molecule has 5 nitrogen and oxygen atoms in total. The third-order valence-corrected chi connectivity index (χ3v) is 2.18. The van der Waals surface area contributed by atoms with E-state index in [2.05, 4.69) is 10.1 Å². The summed E-state index contributed by atoms with van der Waals surface area (Å²) in [4.78, 5) is 4.00. The predicted octanol–water partition coefficient (Wildman–Crippen LogP) is 0.961. The summed E-state index contributed by atoms with van der Waals surface area (Å²) in [5.41, 5.74) is 2.21. The van der Waals surface area contributed by atoms with E-state index in [0.717, 1.165) is 5.56 Å². The van der Waals surface area contributed by atoms with Crippen LogP contribution in [0.1, 0.15) is 5.56 Å². The van der Waals surface area contributed by atoms with Crippen molar-refractivity contribution >= 4 is 0 Å². The summed E-state index contributed by atoms with van der Waals surface area (Å²) in [5.74, 6) is 0. The van der Waals surface area contributed by atoms with E-state index in [1.807, 2.05) is 12.1 Å². The van der Waals surface area contributed by atoms with Gasteiger partial charge in [0.05, 0.1) is 18.4 Å². The molecule has 2 rings (SSSR count). The van der Waals surface area contributed by atoms with Gasteiger partial charge < -0.3 is 5.11 Å². The second kappa shape index (κ2) is 4.55. The maximum Gasteiger partial charge on any atom is 0.128 e. The Balaban J connectivity index is 2.44. The normalized spacial score (nSPS) is 10.0. The van der Waals surface area contributed by atoms with Gasteiger partial charge in [-0.25, -0.2) is 0 Å². The van der Waals surface area contributed by atoms with Crippen LogP contribution in [-0.2, 0) is 13.2 Å². The topological polar surface area (TPSA) is 74.7 Å². The van der Waals surface area contributed by atoms with E-state index < -0.39 is 0 Å². The molecule has 2 aromatic rings. The highest BCUT2D eigenvalue weighted by Gasteiger charge is 2.09. The molecule has 0 aliphatic carbocycles. The van der Waals surface area contributed by atoms with Crippen molar-refractivity contribution < 1.29 is 5.11 Å². The highest BCUT2D eigenvalue weighted by Crippen LogP contribution is 2.20. The van der Waals surface area contributed by atoms with E-state index in [1.165, 1.54) is 4.68 Å². The van der Waals surface area contributed by atoms with Crippen LogP contribution in [0, 0.1) is 11.3 Å². The Morgan fingerprint density at radius 3 is 3.00 bits per heavy atom. The van der Waals surface area contributed by atoms with Crippen LogP contribution in [0.2, 0.25) is 0 Å². The summed E-state index contributed by atoms with van der Waals surface area (Å²) in [7, 11) is 0. The van der Waals surface area contributed by atoms with E-state index in [4.69, 9.17) is 5.26 Å². The molecule has 0 aliphatic rings. The smallest absolute Gasteiger partial charge is 0.128 e. The molecule has 5 heteroatoms. The van der Waals surface area contributed by atoms with Crippen molar-refractivity contribution in [3.05, 3.63) is 36.3 Å². The third-order valence-electron chi connectivity index (χ3n) is 2.18. The van der Waals surface area contributed by atoms with Crippen LogP contribution in [0.25, 0.3) is 11.3 Å². The van der Waals surface area contributed by atoms with Crippen LogP contribution in [-0.4, -0.2) is 19.9 Å². The van der Waals surface area contributed by atoms with Crippen LogP contribution in [0.4, 0.5) is 0 Å². The lowest BCUT2D eigenvalue weighted by molar-refractivity contribution is 0.282. The lowest BCUT2D eigenvalue weighted by Crippen LogP contribution is -1.95. The van der Waals surface area contributed by atoms with Crippen LogP contribution < -0.4 is 0 Å². The standard InChI is InChI=1S/C11H10N4O/c12-3-5-15-7-10(8-16)11(14-15)9-2-1-4-13-6-9/h1-2,4,6-7,16H,5,8H2. The van der Waals surface area contributed by atoms with E-state index in [1.54, 1.807) is 24.7 Å². The summed E-state index contributed by atoms with van der Waals surface area (Å²) >= 11 is 0. The number of nitriles is 1. The molecular weight excluding hydrogens is 204 g/mol. The fraction of sp³-hybridized carbons (Fsp3) is 0.182. The first-order valence-electron chi connectivity index (χ1n) is 4.79. The van der Waals surface area contributed by atoms with E-state index in [0.29, 0.717) is 11.3 Å². The molecule has 0 radical (unpaired) electrons. The quantitative estimate of drug-likeness (QED) is 0.825. The van der Waals surface area contributed by atoms with Gasteiger partial charge in [-0.05, 0) is 12.1 Å². The number of aliphatic hydroxyl groups is 1. The third kappa shape index (κ3) is 1.92. The van der Waals surface area contributed by atoms with Crippen molar-refractivity contribution in [3.63, 3.8) is 0 Å². The second-order valence-electron chi connectivity index (χ2n) is 3.26. The Bertz CT molecular complexity index is 513. The van der Waals surface area contributed by atoms with Gasteiger partial charge >= 0.3 is 0 Å². The molecule has 80 valence electrons. The minimum Gasteiger partial charge on any atom is -0.392 e. The second-order valence-corrected chi connectivity index (χ2v) is 3.26. The molecule has 0 aliphatic heterocycles. The highest BCUT2D eigenvalue weighted by molar-refractivity contribution is 5.61. The number of rotatable bonds is 3. The minimum atomic E-state index is -0.102. The Morgan fingerprint density at radius 2 is 2.38 bits per heavy atom. The summed E-state index contributed by atoms with van der Waals surface area (Å²) in [6, 6.07) is 5.67. The first-order valence-corrected chi connectivity index (χ1v) is 4.79. The van der Waals surface area contributed by atoms with Crippen molar-refractivity contribution in [2.75, 3.05) is 0 Å². The molecule has 1 N–H and O–H groups in total. The van der Waals surface area contributed by atoms with Gasteiger partial charge in [0.15, 0.2) is 0 Å². The summed E-state index contributed by atoms with van der Waals surface area (Å²) < 4.78 is 1.51. The number of pyridine rings is 1. The zero-order valence-electron chi connectivity index (χ0n) is 8.54. The molecule has 0 atom stereocenters. The lowest BCUT2D eigenvalue weighted by Gasteiger charge is -1.97. The minimum absolute atomic E-state index is 0.102. The number of aliphatic hydroxyl groups excluding tert-OH is 1. The van der Waals surface area contributed by atoms with Crippen molar-refractivity contribution in [1.29, 1.82) is 5.26 Å². The first kappa shape index (κ1) is 10.3. The zero-order chi connectivity index (χ0) is 11.4. The number of hydrogen-bond donors (Lipinski definition) is 1. The molecule has 2 heterocycles. The summed E-state index contributed by atoms with van der Waals surface area (Å²) in [6.45, 7) is 0.0723. The Labute approximate surface area is 92.6 Å². The maximum atomic E-state index is 9.20. The molecule has 0 saturated heterocycles. The summed E-state index contributed by atoms with van der Waals surface area (Å²) in [6.07, 6.45) is 5.03. The van der Waals surface area contributed by atoms with E-state index in [-0.39, 0.29) is 13.2 Å². The summed E-state index contributed by atoms with van der Waals surface area (Å²) in [5, 5.41) is 22.0. The zero-order valence-corrected chi connectivity index (χ0v) is 8.54. The highest BCUT2D eigenvalue weighted by atomic mass is 16.3. The maximum absolute atomic E-state index is 9.20. The Morgan fingerprint density at radius 1 is 1.50 bits per heavy atom. The van der Waals surface area contributed by atoms with E-state index >= 15 is 0 Å². The fourth-order valence-electron chi connectivity index (χ4n) is 1.48. The molecule has 0 fully saturated rings. The van der Waals surface area contributed by atoms with Gasteiger partial charge in [-0.15, -0.1) is 0 Å². The molecule has 0 bridgehead atoms. The van der Waals surface area contributed by atoms with Gasteiger partial charge in [0, 0.05) is 29.7 Å². The average Bonchev–Trinajstić information content (AvgIpc) is 2.74. The lowest BCUT2D eigenvalue weighted by atomic mass is 10.1. The van der Waals surface area contributed by atoms with Gasteiger partial charge in [-0.1, -0.05) is 0 Å². The first-order chi connectivity index (χ1) is 7.85. The van der Waals surface area contributed by atoms with Crippen molar-refractivity contribution in [1.82, 2.24) is 14.8 Å². The van der Waals surface area contributed by atoms with Crippen molar-refractivity contribution in [3.8, 4) is 17.3 Å². The molecular formula is C11H10N4O. The van der Waals surface area contributed by atoms with Gasteiger partial charge in [-0.3, -0.25) is 9.67 Å². The van der Waals surface area contributed by atoms with Crippen LogP contribution in [0.5, 0.6) is 0 Å². The largest absolute Gasteiger partial charge is 0.392 e. The number of aromatic nitrogens is 3.